The smallest absolute Gasteiger partial charge is 0.420 e. The molecule has 0 bridgehead atoms. The van der Waals surface area contributed by atoms with Gasteiger partial charge in [-0.1, -0.05) is 0 Å². The number of hydrogen-bond acceptors (Lipinski definition) is 5. The van der Waals surface area contributed by atoms with Crippen LogP contribution in [0.3, 0.4) is 0 Å². The third-order valence-corrected chi connectivity index (χ3v) is 7.93. The average molecular weight is 555 g/mol. The molecule has 1 aliphatic heterocycles. The predicted molar refractivity (Wildman–Crippen MR) is 121 cm³/mol. The summed E-state index contributed by atoms with van der Waals surface area (Å²) in [6, 6.07) is 4.66. The molecule has 1 heterocycles. The van der Waals surface area contributed by atoms with E-state index in [1.165, 1.54) is 24.0 Å². The van der Waals surface area contributed by atoms with Crippen LogP contribution in [0.25, 0.3) is 0 Å². The number of carboxylic acids is 1. The van der Waals surface area contributed by atoms with Gasteiger partial charge in [0, 0.05) is 37.8 Å². The van der Waals surface area contributed by atoms with E-state index in [0.29, 0.717) is 12.1 Å². The Labute approximate surface area is 209 Å². The minimum absolute atomic E-state index is 0.136. The van der Waals surface area contributed by atoms with Crippen LogP contribution in [0, 0.1) is 11.7 Å². The van der Waals surface area contributed by atoms with Crippen molar-refractivity contribution in [2.45, 2.75) is 43.3 Å². The Morgan fingerprint density at radius 1 is 1.19 bits per heavy atom. The summed E-state index contributed by atoms with van der Waals surface area (Å²) >= 11 is 0. The Bertz CT molecular complexity index is 1240. The maximum Gasteiger partial charge on any atom is 0.420 e. The summed E-state index contributed by atoms with van der Waals surface area (Å²) in [6.45, 7) is 0.230. The maximum absolute atomic E-state index is 14.0. The van der Waals surface area contributed by atoms with E-state index >= 15 is 0 Å². The number of carbonyl (C=O) groups is 1. The average Bonchev–Trinajstić information content (AvgIpc) is 2.88. The summed E-state index contributed by atoms with van der Waals surface area (Å²) in [5, 5.41) is 9.04. The van der Waals surface area contributed by atoms with Gasteiger partial charge in [0.1, 0.15) is 23.1 Å². The van der Waals surface area contributed by atoms with Gasteiger partial charge in [-0.05, 0) is 43.7 Å². The fourth-order valence-electron chi connectivity index (χ4n) is 3.83. The Morgan fingerprint density at radius 2 is 1.81 bits per heavy atom. The van der Waals surface area contributed by atoms with Gasteiger partial charge in [-0.25, -0.2) is 21.6 Å². The van der Waals surface area contributed by atoms with Crippen LogP contribution < -0.4 is 9.64 Å². The summed E-state index contributed by atoms with van der Waals surface area (Å²) in [4.78, 5) is 11.7. The lowest BCUT2D eigenvalue weighted by Crippen LogP contribution is -2.41. The summed E-state index contributed by atoms with van der Waals surface area (Å²) in [5.41, 5.74) is -1.64. The molecule has 204 valence electrons. The zero-order valence-corrected chi connectivity index (χ0v) is 20.5. The molecule has 0 saturated carbocycles. The number of nitrogens with zero attached hydrogens (tertiary/aromatic N) is 2. The van der Waals surface area contributed by atoms with Gasteiger partial charge >= 0.3 is 12.1 Å². The van der Waals surface area contributed by atoms with Gasteiger partial charge in [-0.3, -0.25) is 4.79 Å². The molecule has 0 unspecified atom stereocenters. The fourth-order valence-corrected chi connectivity index (χ4v) is 5.39. The van der Waals surface area contributed by atoms with Crippen molar-refractivity contribution < 1.29 is 49.4 Å². The molecule has 2 aromatic carbocycles. The summed E-state index contributed by atoms with van der Waals surface area (Å²) in [7, 11) is -3.40. The molecule has 0 aliphatic carbocycles. The van der Waals surface area contributed by atoms with Gasteiger partial charge < -0.3 is 14.7 Å². The Balaban J connectivity index is 2.25. The minimum atomic E-state index is -5.03. The molecule has 2 atom stereocenters. The predicted octanol–water partition coefficient (Wildman–Crippen LogP) is 5.13. The van der Waals surface area contributed by atoms with Crippen LogP contribution in [0.1, 0.15) is 25.3 Å². The van der Waals surface area contributed by atoms with Gasteiger partial charge in [-0.2, -0.15) is 17.5 Å². The molecule has 1 aliphatic rings. The number of alkyl halides is 5. The summed E-state index contributed by atoms with van der Waals surface area (Å²) in [6.07, 6.45) is -8.73. The van der Waals surface area contributed by atoms with Crippen molar-refractivity contribution in [3.63, 3.8) is 0 Å². The standard InChI is InChI=1S/C23H24F6N2O5S/c1-13(22(32)33)12-36-19-10-20-18(9-17(19)23(27,28)29)31(15-5-3-14(24)4-6-15)11-16(7-8-21(25)26)30(2)37(20,34)35/h3-6,9-10,13,16,21H,7-8,11-12H2,1-2H3,(H,32,33)/t13-,16+/m0/s1. The number of hydrogen-bond donors (Lipinski definition) is 1. The van der Waals surface area contributed by atoms with Crippen LogP contribution in [0.4, 0.5) is 37.7 Å². The first-order valence-corrected chi connectivity index (χ1v) is 12.5. The third kappa shape index (κ3) is 6.29. The highest BCUT2D eigenvalue weighted by atomic mass is 32.2. The number of rotatable bonds is 8. The number of aliphatic carboxylic acids is 1. The second-order valence-corrected chi connectivity index (χ2v) is 10.6. The molecule has 1 N–H and O–H groups in total. The highest BCUT2D eigenvalue weighted by Crippen LogP contribution is 2.45. The Hall–Kier alpha value is -3.00. The maximum atomic E-state index is 14.0. The van der Waals surface area contributed by atoms with Crippen LogP contribution in [0.5, 0.6) is 5.75 Å². The van der Waals surface area contributed by atoms with E-state index in [1.807, 2.05) is 0 Å². The van der Waals surface area contributed by atoms with E-state index in [0.717, 1.165) is 23.5 Å². The van der Waals surface area contributed by atoms with E-state index in [2.05, 4.69) is 0 Å². The zero-order chi connectivity index (χ0) is 27.7. The second-order valence-electron chi connectivity index (χ2n) is 8.59. The number of anilines is 2. The number of benzene rings is 2. The van der Waals surface area contributed by atoms with Gasteiger partial charge in [0.15, 0.2) is 0 Å². The number of halogens is 6. The van der Waals surface area contributed by atoms with Crippen LogP contribution in [0.15, 0.2) is 41.3 Å². The van der Waals surface area contributed by atoms with E-state index in [1.54, 1.807) is 0 Å². The molecule has 0 saturated heterocycles. The van der Waals surface area contributed by atoms with Crippen molar-refractivity contribution >= 4 is 27.4 Å². The number of carboxylic acid groups (broad SMARTS) is 1. The zero-order valence-electron chi connectivity index (χ0n) is 19.7. The highest BCUT2D eigenvalue weighted by Gasteiger charge is 2.42. The van der Waals surface area contributed by atoms with E-state index < -0.39 is 81.3 Å². The van der Waals surface area contributed by atoms with Crippen molar-refractivity contribution in [3.8, 4) is 5.75 Å². The second kappa shape index (κ2) is 10.8. The topological polar surface area (TPSA) is 87.2 Å². The lowest BCUT2D eigenvalue weighted by atomic mass is 10.1. The van der Waals surface area contributed by atoms with Crippen molar-refractivity contribution in [1.29, 1.82) is 0 Å². The molecular formula is C23H24F6N2O5S. The molecule has 0 amide bonds. The molecule has 0 spiro atoms. The largest absolute Gasteiger partial charge is 0.492 e. The molecule has 0 fully saturated rings. The van der Waals surface area contributed by atoms with E-state index in [9.17, 15) is 39.6 Å². The molecule has 0 radical (unpaired) electrons. The summed E-state index contributed by atoms with van der Waals surface area (Å²) in [5.74, 6) is -4.08. The third-order valence-electron chi connectivity index (χ3n) is 5.99. The van der Waals surface area contributed by atoms with Crippen molar-refractivity contribution in [1.82, 2.24) is 4.31 Å². The number of fused-ring (bicyclic) bond motifs is 1. The molecule has 7 nitrogen and oxygen atoms in total. The summed E-state index contributed by atoms with van der Waals surface area (Å²) < 4.78 is 115. The van der Waals surface area contributed by atoms with Crippen LogP contribution in [-0.2, 0) is 21.0 Å². The van der Waals surface area contributed by atoms with Gasteiger partial charge in [0.25, 0.3) is 0 Å². The van der Waals surface area contributed by atoms with Gasteiger partial charge in [0.05, 0.1) is 17.2 Å². The SMILES string of the molecule is C[C@@H](COc1cc2c(cc1C(F)(F)F)N(c1ccc(F)cc1)C[C@@H](CCC(F)F)N(C)S2(=O)=O)C(=O)O. The first-order chi connectivity index (χ1) is 17.1. The van der Waals surface area contributed by atoms with Crippen LogP contribution in [-0.4, -0.2) is 56.5 Å². The first-order valence-electron chi connectivity index (χ1n) is 11.0. The Kier molecular flexibility index (Phi) is 8.32. The Morgan fingerprint density at radius 3 is 2.35 bits per heavy atom. The highest BCUT2D eigenvalue weighted by molar-refractivity contribution is 7.89. The van der Waals surface area contributed by atoms with Gasteiger partial charge in [0.2, 0.25) is 16.4 Å². The molecule has 14 heteroatoms. The monoisotopic (exact) mass is 554 g/mol. The quantitative estimate of drug-likeness (QED) is 0.456. The van der Waals surface area contributed by atoms with Crippen molar-refractivity contribution in [2.24, 2.45) is 5.92 Å². The number of sulfonamides is 1. The number of ether oxygens (including phenoxy) is 1. The fraction of sp³-hybridized carbons (Fsp3) is 0.435. The van der Waals surface area contributed by atoms with Crippen molar-refractivity contribution in [2.75, 3.05) is 25.1 Å². The van der Waals surface area contributed by atoms with Crippen LogP contribution >= 0.6 is 0 Å². The molecular weight excluding hydrogens is 530 g/mol. The van der Waals surface area contributed by atoms with E-state index in [4.69, 9.17) is 9.84 Å². The molecule has 0 aromatic heterocycles. The molecule has 3 rings (SSSR count). The van der Waals surface area contributed by atoms with Gasteiger partial charge in [-0.15, -0.1) is 0 Å². The molecule has 2 aromatic rings. The number of likely N-dealkylation sites (N-methyl/N-ethyl adjacent to an activating group) is 1. The van der Waals surface area contributed by atoms with E-state index in [-0.39, 0.29) is 18.7 Å². The van der Waals surface area contributed by atoms with Crippen molar-refractivity contribution in [3.05, 3.63) is 47.8 Å². The molecule has 37 heavy (non-hydrogen) atoms. The lowest BCUT2D eigenvalue weighted by Gasteiger charge is -2.30. The normalized spacial score (nSPS) is 18.8. The first kappa shape index (κ1) is 28.6. The minimum Gasteiger partial charge on any atom is -0.492 e. The van der Waals surface area contributed by atoms with Crippen LogP contribution in [0.2, 0.25) is 0 Å². The lowest BCUT2D eigenvalue weighted by molar-refractivity contribution is -0.142.